The SMILES string of the molecule is Cc1cc2c(cc1C(C)C)[C@H]1OCCO[C@H]1[C@H](C1C=CC=CC1)N2. The largest absolute Gasteiger partial charge is 0.379 e. The van der Waals surface area contributed by atoms with Crippen molar-refractivity contribution >= 4 is 5.69 Å². The first-order chi connectivity index (χ1) is 11.6. The fourth-order valence-corrected chi connectivity index (χ4v) is 4.30. The lowest BCUT2D eigenvalue weighted by Crippen LogP contribution is -2.51. The summed E-state index contributed by atoms with van der Waals surface area (Å²) in [6.07, 6.45) is 9.99. The third-order valence-electron chi connectivity index (χ3n) is 5.51. The maximum Gasteiger partial charge on any atom is 0.113 e. The summed E-state index contributed by atoms with van der Waals surface area (Å²) in [5.41, 5.74) is 5.24. The molecule has 24 heavy (non-hydrogen) atoms. The van der Waals surface area contributed by atoms with E-state index in [4.69, 9.17) is 9.47 Å². The van der Waals surface area contributed by atoms with Crippen molar-refractivity contribution in [3.8, 4) is 0 Å². The molecule has 2 heterocycles. The van der Waals surface area contributed by atoms with Gasteiger partial charge in [-0.25, -0.2) is 0 Å². The van der Waals surface area contributed by atoms with Gasteiger partial charge in [-0.05, 0) is 36.5 Å². The van der Waals surface area contributed by atoms with Crippen LogP contribution < -0.4 is 5.32 Å². The lowest BCUT2D eigenvalue weighted by Gasteiger charge is -2.45. The van der Waals surface area contributed by atoms with E-state index in [0.717, 1.165) is 6.42 Å². The van der Waals surface area contributed by atoms with E-state index in [-0.39, 0.29) is 18.2 Å². The first kappa shape index (κ1) is 15.9. The van der Waals surface area contributed by atoms with Gasteiger partial charge in [0.15, 0.2) is 0 Å². The van der Waals surface area contributed by atoms with Gasteiger partial charge in [0.25, 0.3) is 0 Å². The molecule has 1 fully saturated rings. The third-order valence-corrected chi connectivity index (χ3v) is 5.51. The van der Waals surface area contributed by atoms with E-state index in [2.05, 4.69) is 62.5 Å². The Hall–Kier alpha value is -1.58. The molecule has 1 aromatic carbocycles. The van der Waals surface area contributed by atoms with Crippen LogP contribution in [0.3, 0.4) is 0 Å². The maximum absolute atomic E-state index is 6.20. The van der Waals surface area contributed by atoms with E-state index < -0.39 is 0 Å². The molecule has 1 aromatic rings. The molecule has 0 saturated carbocycles. The number of ether oxygens (including phenoxy) is 2. The number of hydrogen-bond donors (Lipinski definition) is 1. The molecule has 3 aliphatic rings. The van der Waals surface area contributed by atoms with E-state index in [9.17, 15) is 0 Å². The van der Waals surface area contributed by atoms with Gasteiger partial charge in [0.2, 0.25) is 0 Å². The molecule has 1 N–H and O–H groups in total. The zero-order chi connectivity index (χ0) is 16.7. The van der Waals surface area contributed by atoms with Crippen molar-refractivity contribution in [1.29, 1.82) is 0 Å². The van der Waals surface area contributed by atoms with Crippen LogP contribution in [0.25, 0.3) is 0 Å². The smallest absolute Gasteiger partial charge is 0.113 e. The quantitative estimate of drug-likeness (QED) is 0.868. The minimum absolute atomic E-state index is 0.0393. The van der Waals surface area contributed by atoms with E-state index in [0.29, 0.717) is 25.0 Å². The highest BCUT2D eigenvalue weighted by molar-refractivity contribution is 5.60. The molecule has 0 aromatic heterocycles. The second-order valence-electron chi connectivity index (χ2n) is 7.46. The highest BCUT2D eigenvalue weighted by atomic mass is 16.6. The summed E-state index contributed by atoms with van der Waals surface area (Å²) < 4.78 is 12.4. The Kier molecular flexibility index (Phi) is 4.23. The average molecular weight is 325 g/mol. The Bertz CT molecular complexity index is 677. The molecule has 0 amide bonds. The Morgan fingerprint density at radius 2 is 1.96 bits per heavy atom. The summed E-state index contributed by atoms with van der Waals surface area (Å²) in [6, 6.07) is 4.89. The van der Waals surface area contributed by atoms with Crippen molar-refractivity contribution in [2.24, 2.45) is 5.92 Å². The van der Waals surface area contributed by atoms with Crippen LogP contribution in [0.15, 0.2) is 36.4 Å². The van der Waals surface area contributed by atoms with Gasteiger partial charge in [-0.1, -0.05) is 44.2 Å². The van der Waals surface area contributed by atoms with Gasteiger partial charge in [-0.2, -0.15) is 0 Å². The van der Waals surface area contributed by atoms with Crippen LogP contribution >= 0.6 is 0 Å². The minimum atomic E-state index is 0.0393. The number of anilines is 1. The van der Waals surface area contributed by atoms with E-state index in [1.54, 1.807) is 0 Å². The normalized spacial score (nSPS) is 31.5. The molecule has 1 aliphatic carbocycles. The minimum Gasteiger partial charge on any atom is -0.379 e. The van der Waals surface area contributed by atoms with Crippen LogP contribution in [-0.4, -0.2) is 25.4 Å². The molecule has 1 saturated heterocycles. The van der Waals surface area contributed by atoms with Crippen molar-refractivity contribution in [1.82, 2.24) is 0 Å². The second kappa shape index (κ2) is 6.38. The van der Waals surface area contributed by atoms with E-state index in [1.807, 2.05) is 0 Å². The predicted molar refractivity (Wildman–Crippen MR) is 97.5 cm³/mol. The van der Waals surface area contributed by atoms with Crippen LogP contribution in [0, 0.1) is 12.8 Å². The topological polar surface area (TPSA) is 30.5 Å². The monoisotopic (exact) mass is 325 g/mol. The molecule has 0 spiro atoms. The number of allylic oxidation sites excluding steroid dienone is 3. The molecular formula is C21H27NO2. The molecule has 2 aliphatic heterocycles. The summed E-state index contributed by atoms with van der Waals surface area (Å²) >= 11 is 0. The van der Waals surface area contributed by atoms with E-state index in [1.165, 1.54) is 22.4 Å². The lowest BCUT2D eigenvalue weighted by atomic mass is 9.80. The average Bonchev–Trinajstić information content (AvgIpc) is 2.61. The number of nitrogens with one attached hydrogen (secondary N) is 1. The molecule has 1 unspecified atom stereocenters. The molecule has 3 nitrogen and oxygen atoms in total. The standard InChI is InChI=1S/C21H27NO2/c1-13(2)16-12-17-18(11-14(16)3)22-19(15-7-5-4-6-8-15)21-20(17)23-9-10-24-21/h4-7,11-13,15,19-22H,8-10H2,1-3H3/t15?,19-,20+,21-/m0/s1. The summed E-state index contributed by atoms with van der Waals surface area (Å²) in [5.74, 6) is 0.963. The van der Waals surface area contributed by atoms with Crippen molar-refractivity contribution in [3.63, 3.8) is 0 Å². The maximum atomic E-state index is 6.20. The third kappa shape index (κ3) is 2.70. The molecule has 0 bridgehead atoms. The zero-order valence-electron chi connectivity index (χ0n) is 14.8. The van der Waals surface area contributed by atoms with Crippen LogP contribution in [0.1, 0.15) is 49.0 Å². The van der Waals surface area contributed by atoms with Crippen molar-refractivity contribution in [2.45, 2.75) is 51.4 Å². The lowest BCUT2D eigenvalue weighted by molar-refractivity contribution is -0.153. The highest BCUT2D eigenvalue weighted by Crippen LogP contribution is 2.43. The second-order valence-corrected chi connectivity index (χ2v) is 7.46. The predicted octanol–water partition coefficient (Wildman–Crippen LogP) is 4.50. The first-order valence-electron chi connectivity index (χ1n) is 9.12. The van der Waals surface area contributed by atoms with Gasteiger partial charge in [-0.3, -0.25) is 0 Å². The van der Waals surface area contributed by atoms with Gasteiger partial charge in [0, 0.05) is 17.2 Å². The van der Waals surface area contributed by atoms with Gasteiger partial charge in [0.05, 0.1) is 19.3 Å². The fourth-order valence-electron chi connectivity index (χ4n) is 4.30. The molecular weight excluding hydrogens is 298 g/mol. The van der Waals surface area contributed by atoms with Crippen molar-refractivity contribution in [3.05, 3.63) is 53.1 Å². The zero-order valence-corrected chi connectivity index (χ0v) is 14.8. The summed E-state index contributed by atoms with van der Waals surface area (Å²) in [7, 11) is 0. The fraction of sp³-hybridized carbons (Fsp3) is 0.524. The van der Waals surface area contributed by atoms with Crippen LogP contribution in [-0.2, 0) is 9.47 Å². The highest BCUT2D eigenvalue weighted by Gasteiger charge is 2.43. The molecule has 4 atom stereocenters. The van der Waals surface area contributed by atoms with E-state index >= 15 is 0 Å². The number of fused-ring (bicyclic) bond motifs is 3. The van der Waals surface area contributed by atoms with Gasteiger partial charge < -0.3 is 14.8 Å². The van der Waals surface area contributed by atoms with Gasteiger partial charge >= 0.3 is 0 Å². The summed E-state index contributed by atoms with van der Waals surface area (Å²) in [4.78, 5) is 0. The van der Waals surface area contributed by atoms with Crippen LogP contribution in [0.4, 0.5) is 5.69 Å². The van der Waals surface area contributed by atoms with Crippen LogP contribution in [0.5, 0.6) is 0 Å². The summed E-state index contributed by atoms with van der Waals surface area (Å²) in [5, 5.41) is 3.78. The molecule has 0 radical (unpaired) electrons. The number of rotatable bonds is 2. The Morgan fingerprint density at radius 3 is 2.71 bits per heavy atom. The Morgan fingerprint density at radius 1 is 1.12 bits per heavy atom. The molecule has 3 heteroatoms. The molecule has 128 valence electrons. The van der Waals surface area contributed by atoms with Crippen molar-refractivity contribution < 1.29 is 9.47 Å². The number of hydrogen-bond acceptors (Lipinski definition) is 3. The molecule has 4 rings (SSSR count). The van der Waals surface area contributed by atoms with Crippen molar-refractivity contribution in [2.75, 3.05) is 18.5 Å². The van der Waals surface area contributed by atoms with Gasteiger partial charge in [0.1, 0.15) is 12.2 Å². The number of aryl methyl sites for hydroxylation is 1. The van der Waals surface area contributed by atoms with Crippen LogP contribution in [0.2, 0.25) is 0 Å². The first-order valence-corrected chi connectivity index (χ1v) is 9.12. The Labute approximate surface area is 144 Å². The summed E-state index contributed by atoms with van der Waals surface area (Å²) in [6.45, 7) is 8.08. The number of benzene rings is 1. The van der Waals surface area contributed by atoms with Gasteiger partial charge in [-0.15, -0.1) is 0 Å². The Balaban J connectivity index is 1.74.